The molecule has 2 saturated heterocycles. The van der Waals surface area contributed by atoms with E-state index in [4.69, 9.17) is 0 Å². The van der Waals surface area contributed by atoms with Crippen molar-refractivity contribution in [3.05, 3.63) is 35.9 Å². The van der Waals surface area contributed by atoms with Gasteiger partial charge in [0.1, 0.15) is 6.04 Å². The monoisotopic (exact) mass is 323 g/mol. The Kier molecular flexibility index (Phi) is 4.20. The summed E-state index contributed by atoms with van der Waals surface area (Å²) in [5.41, 5.74) is 7.32. The van der Waals surface area contributed by atoms with Gasteiger partial charge in [0.15, 0.2) is 9.84 Å². The maximum absolute atomic E-state index is 12.5. The zero-order valence-electron chi connectivity index (χ0n) is 12.5. The zero-order chi connectivity index (χ0) is 15.7. The molecule has 2 aliphatic rings. The molecule has 0 spiro atoms. The lowest BCUT2D eigenvalue weighted by atomic mass is 10.0. The second-order valence-corrected chi connectivity index (χ2v) is 8.27. The largest absolute Gasteiger partial charge is 0.340 e. The third-order valence-corrected chi connectivity index (χ3v) is 6.26. The van der Waals surface area contributed by atoms with Gasteiger partial charge >= 0.3 is 0 Å². The highest BCUT2D eigenvalue weighted by atomic mass is 32.2. The molecule has 2 heterocycles. The molecule has 2 N–H and O–H groups in total. The van der Waals surface area contributed by atoms with Crippen molar-refractivity contribution >= 4 is 15.7 Å². The minimum atomic E-state index is -2.98. The van der Waals surface area contributed by atoms with Gasteiger partial charge in [-0.05, 0) is 18.4 Å². The Labute approximate surface area is 130 Å². The molecular weight excluding hydrogens is 302 g/mol. The van der Waals surface area contributed by atoms with E-state index in [1.807, 2.05) is 30.3 Å². The summed E-state index contributed by atoms with van der Waals surface area (Å²) in [6.45, 7) is 0. The fourth-order valence-corrected chi connectivity index (χ4v) is 4.90. The van der Waals surface area contributed by atoms with E-state index >= 15 is 0 Å². The second-order valence-electron chi connectivity index (χ2n) is 6.05. The van der Waals surface area contributed by atoms with Gasteiger partial charge in [0.2, 0.25) is 5.91 Å². The van der Waals surface area contributed by atoms with E-state index in [-0.39, 0.29) is 35.5 Å². The van der Waals surface area contributed by atoms with Crippen molar-refractivity contribution in [2.24, 2.45) is 0 Å². The SMILES string of the molecule is CN(C(=O)C1CC(c2ccccc2)NN1)C1CCS(=O)(=O)C1. The van der Waals surface area contributed by atoms with Gasteiger partial charge < -0.3 is 4.90 Å². The Hall–Kier alpha value is -1.44. The molecule has 3 unspecified atom stereocenters. The van der Waals surface area contributed by atoms with Crippen LogP contribution >= 0.6 is 0 Å². The summed E-state index contributed by atoms with van der Waals surface area (Å²) in [7, 11) is -1.28. The first-order valence-corrected chi connectivity index (χ1v) is 9.31. The third kappa shape index (κ3) is 3.16. The molecule has 0 aliphatic carbocycles. The molecule has 1 amide bonds. The van der Waals surface area contributed by atoms with Crippen molar-refractivity contribution in [1.82, 2.24) is 15.8 Å². The molecule has 0 bridgehead atoms. The molecule has 0 radical (unpaired) electrons. The molecular formula is C15H21N3O3S. The number of sulfone groups is 1. The number of nitrogens with one attached hydrogen (secondary N) is 2. The lowest BCUT2D eigenvalue weighted by Gasteiger charge is -2.26. The standard InChI is InChI=1S/C15H21N3O3S/c1-18(12-7-8-22(20,21)10-12)15(19)14-9-13(16-17-14)11-5-3-2-4-6-11/h2-6,12-14,16-17H,7-10H2,1H3. The van der Waals surface area contributed by atoms with E-state index in [2.05, 4.69) is 10.9 Å². The van der Waals surface area contributed by atoms with Gasteiger partial charge in [-0.1, -0.05) is 30.3 Å². The van der Waals surface area contributed by atoms with Crippen LogP contribution in [0.3, 0.4) is 0 Å². The van der Waals surface area contributed by atoms with Crippen LogP contribution in [0.15, 0.2) is 30.3 Å². The summed E-state index contributed by atoms with van der Waals surface area (Å²) in [6, 6.07) is 9.54. The lowest BCUT2D eigenvalue weighted by molar-refractivity contribution is -0.133. The molecule has 2 aliphatic heterocycles. The Morgan fingerprint density at radius 3 is 2.59 bits per heavy atom. The third-order valence-electron chi connectivity index (χ3n) is 4.51. The molecule has 2 fully saturated rings. The summed E-state index contributed by atoms with van der Waals surface area (Å²) in [5, 5.41) is 0. The first-order chi connectivity index (χ1) is 10.5. The van der Waals surface area contributed by atoms with Gasteiger partial charge in [0.25, 0.3) is 0 Å². The number of nitrogens with zero attached hydrogens (tertiary/aromatic N) is 1. The van der Waals surface area contributed by atoms with Crippen molar-refractivity contribution in [3.63, 3.8) is 0 Å². The summed E-state index contributed by atoms with van der Waals surface area (Å²) in [4.78, 5) is 14.1. The molecule has 120 valence electrons. The molecule has 6 nitrogen and oxygen atoms in total. The van der Waals surface area contributed by atoms with Crippen LogP contribution in [0.5, 0.6) is 0 Å². The van der Waals surface area contributed by atoms with Crippen molar-refractivity contribution in [3.8, 4) is 0 Å². The zero-order valence-corrected chi connectivity index (χ0v) is 13.3. The Morgan fingerprint density at radius 1 is 1.23 bits per heavy atom. The Morgan fingerprint density at radius 2 is 1.95 bits per heavy atom. The molecule has 3 rings (SSSR count). The Balaban J connectivity index is 1.62. The maximum atomic E-state index is 12.5. The molecule has 0 saturated carbocycles. The quantitative estimate of drug-likeness (QED) is 0.833. The number of benzene rings is 1. The summed E-state index contributed by atoms with van der Waals surface area (Å²) >= 11 is 0. The number of likely N-dealkylation sites (N-methyl/N-ethyl adjacent to an activating group) is 1. The van der Waals surface area contributed by atoms with Crippen LogP contribution in [0.1, 0.15) is 24.4 Å². The van der Waals surface area contributed by atoms with Crippen LogP contribution in [0, 0.1) is 0 Å². The average Bonchev–Trinajstić information content (AvgIpc) is 3.13. The van der Waals surface area contributed by atoms with E-state index in [9.17, 15) is 13.2 Å². The summed E-state index contributed by atoms with van der Waals surface area (Å²) in [6.07, 6.45) is 1.19. The minimum absolute atomic E-state index is 0.0481. The normalized spacial score (nSPS) is 30.3. The first kappa shape index (κ1) is 15.5. The van der Waals surface area contributed by atoms with Crippen LogP contribution in [0.2, 0.25) is 0 Å². The lowest BCUT2D eigenvalue weighted by Crippen LogP contribution is -2.48. The van der Waals surface area contributed by atoms with Crippen LogP contribution < -0.4 is 10.9 Å². The number of amides is 1. The van der Waals surface area contributed by atoms with Gasteiger partial charge in [0, 0.05) is 19.1 Å². The molecule has 0 aromatic heterocycles. The van der Waals surface area contributed by atoms with Gasteiger partial charge in [0.05, 0.1) is 11.5 Å². The van der Waals surface area contributed by atoms with Gasteiger partial charge in [-0.25, -0.2) is 19.3 Å². The van der Waals surface area contributed by atoms with Crippen molar-refractivity contribution in [2.45, 2.75) is 31.0 Å². The number of carbonyl (C=O) groups excluding carboxylic acids is 1. The smallest absolute Gasteiger partial charge is 0.241 e. The van der Waals surface area contributed by atoms with Crippen LogP contribution in [0.25, 0.3) is 0 Å². The molecule has 22 heavy (non-hydrogen) atoms. The first-order valence-electron chi connectivity index (χ1n) is 7.49. The predicted octanol–water partition coefficient (Wildman–Crippen LogP) is 0.240. The minimum Gasteiger partial charge on any atom is -0.340 e. The van der Waals surface area contributed by atoms with E-state index in [0.717, 1.165) is 5.56 Å². The number of hydrogen-bond donors (Lipinski definition) is 2. The highest BCUT2D eigenvalue weighted by Crippen LogP contribution is 2.24. The number of hydrogen-bond acceptors (Lipinski definition) is 5. The molecule has 3 atom stereocenters. The van der Waals surface area contributed by atoms with Crippen molar-refractivity contribution in [1.29, 1.82) is 0 Å². The van der Waals surface area contributed by atoms with Crippen LogP contribution in [-0.2, 0) is 14.6 Å². The van der Waals surface area contributed by atoms with Gasteiger partial charge in [-0.3, -0.25) is 4.79 Å². The second kappa shape index (κ2) is 5.98. The van der Waals surface area contributed by atoms with E-state index in [1.54, 1.807) is 11.9 Å². The van der Waals surface area contributed by atoms with Crippen LogP contribution in [-0.4, -0.2) is 49.9 Å². The maximum Gasteiger partial charge on any atom is 0.241 e. The highest BCUT2D eigenvalue weighted by molar-refractivity contribution is 7.91. The van der Waals surface area contributed by atoms with Gasteiger partial charge in [-0.15, -0.1) is 0 Å². The fourth-order valence-electron chi connectivity index (χ4n) is 3.13. The average molecular weight is 323 g/mol. The summed E-state index contributed by atoms with van der Waals surface area (Å²) < 4.78 is 23.1. The molecule has 7 heteroatoms. The molecule has 1 aromatic carbocycles. The molecule has 1 aromatic rings. The highest BCUT2D eigenvalue weighted by Gasteiger charge is 2.37. The predicted molar refractivity (Wildman–Crippen MR) is 83.7 cm³/mol. The van der Waals surface area contributed by atoms with E-state index < -0.39 is 9.84 Å². The number of carbonyl (C=O) groups is 1. The van der Waals surface area contributed by atoms with Gasteiger partial charge in [-0.2, -0.15) is 0 Å². The number of rotatable bonds is 3. The number of hydrazine groups is 1. The Bertz CT molecular complexity index is 647. The van der Waals surface area contributed by atoms with Crippen molar-refractivity contribution < 1.29 is 13.2 Å². The fraction of sp³-hybridized carbons (Fsp3) is 0.533. The van der Waals surface area contributed by atoms with E-state index in [1.165, 1.54) is 0 Å². The van der Waals surface area contributed by atoms with Crippen molar-refractivity contribution in [2.75, 3.05) is 18.6 Å². The van der Waals surface area contributed by atoms with E-state index in [0.29, 0.717) is 12.8 Å². The van der Waals surface area contributed by atoms with Crippen LogP contribution in [0.4, 0.5) is 0 Å². The topological polar surface area (TPSA) is 78.5 Å². The summed E-state index contributed by atoms with van der Waals surface area (Å²) in [5.74, 6) is 0.212.